The van der Waals surface area contributed by atoms with Crippen LogP contribution in [0.4, 0.5) is 23.2 Å². The maximum Gasteiger partial charge on any atom is 0.253 e. The fourth-order valence-electron chi connectivity index (χ4n) is 1.70. The molecule has 0 aliphatic heterocycles. The number of hydrogen-bond acceptors (Lipinski definition) is 3. The molecule has 0 saturated heterocycles. The van der Waals surface area contributed by atoms with E-state index in [0.29, 0.717) is 0 Å². The van der Waals surface area contributed by atoms with Crippen molar-refractivity contribution in [2.45, 2.75) is 13.0 Å². The quantitative estimate of drug-likeness (QED) is 0.629. The molecular formula is C12H10F4N2S. The molecular weight excluding hydrogens is 280 g/mol. The fraction of sp³-hybridized carbons (Fsp3) is 0.250. The highest BCUT2D eigenvalue weighted by molar-refractivity contribution is 7.10. The Bertz CT molecular complexity index is 560. The molecule has 2 nitrogen and oxygen atoms in total. The van der Waals surface area contributed by atoms with Gasteiger partial charge in [0.15, 0.2) is 0 Å². The molecule has 0 aromatic carbocycles. The lowest BCUT2D eigenvalue weighted by atomic mass is 10.2. The van der Waals surface area contributed by atoms with Gasteiger partial charge in [0.25, 0.3) is 11.9 Å². The molecule has 1 atom stereocenters. The van der Waals surface area contributed by atoms with E-state index in [4.69, 9.17) is 0 Å². The maximum absolute atomic E-state index is 13.6. The number of thiophene rings is 1. The minimum Gasteiger partial charge on any atom is -0.362 e. The normalized spacial score (nSPS) is 12.5. The Labute approximate surface area is 111 Å². The number of aromatic nitrogens is 1. The van der Waals surface area contributed by atoms with E-state index in [0.717, 1.165) is 9.78 Å². The van der Waals surface area contributed by atoms with Crippen LogP contribution >= 0.6 is 11.3 Å². The highest BCUT2D eigenvalue weighted by Crippen LogP contribution is 2.32. The Morgan fingerprint density at radius 3 is 2.21 bits per heavy atom. The second kappa shape index (κ2) is 5.16. The summed E-state index contributed by atoms with van der Waals surface area (Å²) in [5, 5.41) is 1.81. The van der Waals surface area contributed by atoms with E-state index in [9.17, 15) is 17.6 Å². The molecule has 0 bridgehead atoms. The molecule has 1 unspecified atom stereocenters. The zero-order chi connectivity index (χ0) is 14.2. The van der Waals surface area contributed by atoms with Gasteiger partial charge in [-0.05, 0) is 18.4 Å². The smallest absolute Gasteiger partial charge is 0.253 e. The molecule has 2 aromatic rings. The van der Waals surface area contributed by atoms with Crippen LogP contribution in [0.2, 0.25) is 0 Å². The first-order chi connectivity index (χ1) is 8.93. The molecule has 2 heterocycles. The summed E-state index contributed by atoms with van der Waals surface area (Å²) in [6, 6.07) is 3.13. The van der Waals surface area contributed by atoms with E-state index in [1.807, 2.05) is 0 Å². The summed E-state index contributed by atoms with van der Waals surface area (Å²) >= 11 is 1.38. The zero-order valence-corrected chi connectivity index (χ0v) is 10.9. The van der Waals surface area contributed by atoms with Crippen molar-refractivity contribution in [2.24, 2.45) is 0 Å². The lowest BCUT2D eigenvalue weighted by Gasteiger charge is -2.26. The molecule has 2 rings (SSSR count). The van der Waals surface area contributed by atoms with Crippen LogP contribution in [-0.4, -0.2) is 12.0 Å². The van der Waals surface area contributed by atoms with Crippen LogP contribution in [0.1, 0.15) is 17.8 Å². The SMILES string of the molecule is CC(c1cccs1)N(C)c1c(F)c(F)nc(F)c1F. The first kappa shape index (κ1) is 13.8. The Morgan fingerprint density at radius 1 is 1.16 bits per heavy atom. The lowest BCUT2D eigenvalue weighted by Crippen LogP contribution is -2.24. The van der Waals surface area contributed by atoms with Gasteiger partial charge < -0.3 is 4.90 Å². The minimum atomic E-state index is -1.65. The molecule has 19 heavy (non-hydrogen) atoms. The van der Waals surface area contributed by atoms with Gasteiger partial charge in [0.1, 0.15) is 5.69 Å². The number of hydrogen-bond donors (Lipinski definition) is 0. The Hall–Kier alpha value is -1.63. The molecule has 0 saturated carbocycles. The van der Waals surface area contributed by atoms with Crippen molar-refractivity contribution in [3.05, 3.63) is 45.9 Å². The first-order valence-electron chi connectivity index (χ1n) is 5.39. The summed E-state index contributed by atoms with van der Waals surface area (Å²) in [6.07, 6.45) is 0. The van der Waals surface area contributed by atoms with Crippen LogP contribution in [0.5, 0.6) is 0 Å². The van der Waals surface area contributed by atoms with Crippen LogP contribution in [0.15, 0.2) is 17.5 Å². The summed E-state index contributed by atoms with van der Waals surface area (Å²) in [4.78, 5) is 4.49. The van der Waals surface area contributed by atoms with E-state index in [2.05, 4.69) is 4.98 Å². The van der Waals surface area contributed by atoms with E-state index in [1.54, 1.807) is 24.4 Å². The van der Waals surface area contributed by atoms with Crippen molar-refractivity contribution in [3.8, 4) is 0 Å². The second-order valence-electron chi connectivity index (χ2n) is 3.97. The predicted octanol–water partition coefficient (Wildman–Crippen LogP) is 3.90. The average Bonchev–Trinajstić information content (AvgIpc) is 2.89. The molecule has 0 spiro atoms. The van der Waals surface area contributed by atoms with Crippen molar-refractivity contribution in [3.63, 3.8) is 0 Å². The van der Waals surface area contributed by atoms with Crippen LogP contribution in [0.3, 0.4) is 0 Å². The monoisotopic (exact) mass is 290 g/mol. The molecule has 0 aliphatic rings. The summed E-state index contributed by atoms with van der Waals surface area (Å²) < 4.78 is 53.4. The average molecular weight is 290 g/mol. The third kappa shape index (κ3) is 2.42. The van der Waals surface area contributed by atoms with Crippen LogP contribution in [0.25, 0.3) is 0 Å². The van der Waals surface area contributed by atoms with Crippen LogP contribution < -0.4 is 4.90 Å². The summed E-state index contributed by atoms with van der Waals surface area (Å²) in [5.41, 5.74) is -0.758. The second-order valence-corrected chi connectivity index (χ2v) is 4.95. The summed E-state index contributed by atoms with van der Waals surface area (Å²) in [6.45, 7) is 1.68. The van der Waals surface area contributed by atoms with Gasteiger partial charge in [0.05, 0.1) is 6.04 Å². The molecule has 0 N–H and O–H groups in total. The highest BCUT2D eigenvalue weighted by Gasteiger charge is 2.26. The third-order valence-electron chi connectivity index (χ3n) is 2.86. The Balaban J connectivity index is 2.47. The highest BCUT2D eigenvalue weighted by atomic mass is 32.1. The van der Waals surface area contributed by atoms with Gasteiger partial charge in [-0.2, -0.15) is 22.5 Å². The number of rotatable bonds is 3. The number of nitrogens with zero attached hydrogens (tertiary/aromatic N) is 2. The van der Waals surface area contributed by atoms with E-state index in [1.165, 1.54) is 18.4 Å². The van der Waals surface area contributed by atoms with Gasteiger partial charge >= 0.3 is 0 Å². The summed E-state index contributed by atoms with van der Waals surface area (Å²) in [7, 11) is 1.37. The molecule has 7 heteroatoms. The molecule has 2 aromatic heterocycles. The van der Waals surface area contributed by atoms with Crippen molar-refractivity contribution in [1.29, 1.82) is 0 Å². The van der Waals surface area contributed by atoms with Gasteiger partial charge in [-0.25, -0.2) is 0 Å². The van der Waals surface area contributed by atoms with E-state index >= 15 is 0 Å². The van der Waals surface area contributed by atoms with Crippen molar-refractivity contribution < 1.29 is 17.6 Å². The number of pyridine rings is 1. The summed E-state index contributed by atoms with van der Waals surface area (Å²) in [5.74, 6) is -6.30. The van der Waals surface area contributed by atoms with Gasteiger partial charge in [-0.15, -0.1) is 11.3 Å². The van der Waals surface area contributed by atoms with E-state index in [-0.39, 0.29) is 0 Å². The largest absolute Gasteiger partial charge is 0.362 e. The zero-order valence-electron chi connectivity index (χ0n) is 10.1. The van der Waals surface area contributed by atoms with Crippen molar-refractivity contribution in [2.75, 3.05) is 11.9 Å². The topological polar surface area (TPSA) is 16.1 Å². The molecule has 102 valence electrons. The van der Waals surface area contributed by atoms with Gasteiger partial charge in [0.2, 0.25) is 11.6 Å². The predicted molar refractivity (Wildman–Crippen MR) is 65.2 cm³/mol. The van der Waals surface area contributed by atoms with Crippen LogP contribution in [0, 0.1) is 23.5 Å². The lowest BCUT2D eigenvalue weighted by molar-refractivity contribution is 0.405. The Kier molecular flexibility index (Phi) is 3.75. The molecule has 0 aliphatic carbocycles. The van der Waals surface area contributed by atoms with Gasteiger partial charge in [-0.3, -0.25) is 0 Å². The third-order valence-corrected chi connectivity index (χ3v) is 3.91. The maximum atomic E-state index is 13.6. The molecule has 0 radical (unpaired) electrons. The van der Waals surface area contributed by atoms with Crippen LogP contribution in [-0.2, 0) is 0 Å². The minimum absolute atomic E-state index is 0.426. The van der Waals surface area contributed by atoms with Crippen molar-refractivity contribution in [1.82, 2.24) is 4.98 Å². The van der Waals surface area contributed by atoms with Crippen molar-refractivity contribution >= 4 is 17.0 Å². The van der Waals surface area contributed by atoms with Gasteiger partial charge in [-0.1, -0.05) is 6.07 Å². The van der Waals surface area contributed by atoms with Gasteiger partial charge in [0, 0.05) is 11.9 Å². The first-order valence-corrected chi connectivity index (χ1v) is 6.27. The molecule has 0 fully saturated rings. The van der Waals surface area contributed by atoms with E-state index < -0.39 is 35.3 Å². The number of anilines is 1. The fourth-order valence-corrected chi connectivity index (χ4v) is 2.53. The number of halogens is 4. The Morgan fingerprint density at radius 2 is 1.74 bits per heavy atom. The molecule has 0 amide bonds. The standard InChI is InChI=1S/C12H10F4N2S/c1-6(7-4-3-5-19-7)18(2)10-8(13)11(15)17-12(16)9(10)14/h3-6H,1-2H3.